The maximum absolute atomic E-state index is 14.2. The van der Waals surface area contributed by atoms with Gasteiger partial charge in [0.1, 0.15) is 5.41 Å². The van der Waals surface area contributed by atoms with Crippen molar-refractivity contribution in [2.45, 2.75) is 50.6 Å². The normalized spacial score (nSPS) is 22.9. The Morgan fingerprint density at radius 2 is 1.46 bits per heavy atom. The molecule has 0 bridgehead atoms. The van der Waals surface area contributed by atoms with Crippen LogP contribution < -0.4 is 0 Å². The van der Waals surface area contributed by atoms with Crippen molar-refractivity contribution in [1.29, 1.82) is 0 Å². The summed E-state index contributed by atoms with van der Waals surface area (Å²) in [5.74, 6) is -0.377. The van der Waals surface area contributed by atoms with Crippen molar-refractivity contribution >= 4 is 5.91 Å². The second kappa shape index (κ2) is 10.3. The topological polar surface area (TPSA) is 110 Å². The molecule has 0 saturated carbocycles. The van der Waals surface area contributed by atoms with Crippen LogP contribution in [0.15, 0.2) is 96.1 Å². The van der Waals surface area contributed by atoms with E-state index in [9.17, 15) is 15.0 Å². The summed E-state index contributed by atoms with van der Waals surface area (Å²) in [6.07, 6.45) is -2.41. The molecule has 4 rings (SSSR count). The predicted molar refractivity (Wildman–Crippen MR) is 134 cm³/mol. The molecule has 1 saturated heterocycles. The highest BCUT2D eigenvalue weighted by atomic mass is 16.3. The average Bonchev–Trinajstić information content (AvgIpc) is 2.91. The molecule has 6 atom stereocenters. The van der Waals surface area contributed by atoms with Crippen molar-refractivity contribution in [3.8, 4) is 0 Å². The lowest BCUT2D eigenvalue weighted by Crippen LogP contribution is -2.72. The lowest BCUT2D eigenvalue weighted by atomic mass is 9.57. The number of aliphatic hydroxyl groups is 2. The lowest BCUT2D eigenvalue weighted by Gasteiger charge is -2.62. The summed E-state index contributed by atoms with van der Waals surface area (Å²) in [5, 5.41) is 27.4. The lowest BCUT2D eigenvalue weighted by molar-refractivity contribution is -0.222. The molecule has 3 aromatic carbocycles. The van der Waals surface area contributed by atoms with Crippen molar-refractivity contribution in [3.63, 3.8) is 0 Å². The van der Waals surface area contributed by atoms with Gasteiger partial charge in [-0.2, -0.15) is 0 Å². The van der Waals surface area contributed by atoms with Gasteiger partial charge in [0.05, 0.1) is 30.3 Å². The molecule has 1 aliphatic heterocycles. The Morgan fingerprint density at radius 1 is 0.943 bits per heavy atom. The minimum absolute atomic E-state index is 0.309. The van der Waals surface area contributed by atoms with Crippen LogP contribution in [0.3, 0.4) is 0 Å². The number of benzene rings is 3. The number of hydrogen-bond acceptors (Lipinski definition) is 4. The van der Waals surface area contributed by atoms with Gasteiger partial charge < -0.3 is 15.1 Å². The van der Waals surface area contributed by atoms with Gasteiger partial charge in [0.25, 0.3) is 0 Å². The highest BCUT2D eigenvalue weighted by molar-refractivity contribution is 5.93. The summed E-state index contributed by atoms with van der Waals surface area (Å²) in [6, 6.07) is 26.1. The van der Waals surface area contributed by atoms with Crippen LogP contribution in [0.5, 0.6) is 0 Å². The van der Waals surface area contributed by atoms with Crippen LogP contribution >= 0.6 is 0 Å². The Morgan fingerprint density at radius 3 is 1.97 bits per heavy atom. The van der Waals surface area contributed by atoms with Crippen LogP contribution in [0.1, 0.15) is 55.1 Å². The van der Waals surface area contributed by atoms with E-state index in [0.717, 1.165) is 11.1 Å². The van der Waals surface area contributed by atoms with Gasteiger partial charge in [-0.25, -0.2) is 0 Å². The van der Waals surface area contributed by atoms with E-state index in [1.54, 1.807) is 36.1 Å². The van der Waals surface area contributed by atoms with Gasteiger partial charge >= 0.3 is 0 Å². The molecule has 0 aliphatic carbocycles. The summed E-state index contributed by atoms with van der Waals surface area (Å²) in [6.45, 7) is 3.73. The van der Waals surface area contributed by atoms with Crippen molar-refractivity contribution in [2.75, 3.05) is 0 Å². The Bertz CT molecular complexity index is 1180. The van der Waals surface area contributed by atoms with Gasteiger partial charge in [-0.1, -0.05) is 103 Å². The zero-order valence-electron chi connectivity index (χ0n) is 19.8. The monoisotopic (exact) mass is 470 g/mol. The first-order valence-electron chi connectivity index (χ1n) is 11.9. The number of rotatable bonds is 9. The minimum Gasteiger partial charge on any atom is -0.391 e. The van der Waals surface area contributed by atoms with E-state index in [1.807, 2.05) is 73.7 Å². The molecule has 1 aliphatic rings. The average molecular weight is 471 g/mol. The molecule has 7 nitrogen and oxygen atoms in total. The molecule has 35 heavy (non-hydrogen) atoms. The van der Waals surface area contributed by atoms with Crippen LogP contribution in [0.2, 0.25) is 0 Å². The summed E-state index contributed by atoms with van der Waals surface area (Å²) in [4.78, 5) is 18.9. The highest BCUT2D eigenvalue weighted by Crippen LogP contribution is 2.62. The van der Waals surface area contributed by atoms with Crippen LogP contribution in [0.25, 0.3) is 10.4 Å². The van der Waals surface area contributed by atoms with Gasteiger partial charge in [0, 0.05) is 4.91 Å². The molecule has 0 aromatic heterocycles. The molecule has 3 aromatic rings. The smallest absolute Gasteiger partial charge is 0.237 e. The predicted octanol–water partition coefficient (Wildman–Crippen LogP) is 5.50. The number of hydrogen-bond donors (Lipinski definition) is 2. The van der Waals surface area contributed by atoms with Crippen molar-refractivity contribution < 1.29 is 15.0 Å². The Balaban J connectivity index is 1.92. The van der Waals surface area contributed by atoms with Gasteiger partial charge in [-0.15, -0.1) is 0 Å². The molecule has 0 radical (unpaired) electrons. The number of nitrogens with zero attached hydrogens (tertiary/aromatic N) is 4. The van der Waals surface area contributed by atoms with Crippen LogP contribution in [-0.4, -0.2) is 33.2 Å². The largest absolute Gasteiger partial charge is 0.391 e. The number of amides is 1. The Kier molecular flexibility index (Phi) is 7.22. The fraction of sp³-hybridized carbons (Fsp3) is 0.321. The number of aliphatic hydroxyl groups excluding tert-OH is 2. The van der Waals surface area contributed by atoms with E-state index in [2.05, 4.69) is 10.0 Å². The highest BCUT2D eigenvalue weighted by Gasteiger charge is 2.70. The van der Waals surface area contributed by atoms with E-state index in [0.29, 0.717) is 12.0 Å². The summed E-state index contributed by atoms with van der Waals surface area (Å²) in [7, 11) is 0. The van der Waals surface area contributed by atoms with Crippen molar-refractivity contribution in [2.24, 2.45) is 10.5 Å². The number of azide groups is 1. The molecule has 1 heterocycles. The fourth-order valence-electron chi connectivity index (χ4n) is 5.37. The summed E-state index contributed by atoms with van der Waals surface area (Å²) >= 11 is 0. The number of carbonyl (C=O) groups is 1. The second-order valence-electron chi connectivity index (χ2n) is 8.98. The standard InChI is InChI=1S/C28H30N4O3/c1-3-23(30-31-29)26(34)28(25(33)22-17-11-6-12-18-22)24(21-15-9-5-10-16-21)32(27(28)35)19(2)20-13-7-4-8-14-20/h4-19,23-26,33-34H,3H2,1-2H3/t19-,23-,24-,25-,26-,28?/m0/s1. The van der Waals surface area contributed by atoms with Crippen LogP contribution in [0.4, 0.5) is 0 Å². The van der Waals surface area contributed by atoms with Gasteiger partial charge in [0.15, 0.2) is 0 Å². The first kappa shape index (κ1) is 24.5. The second-order valence-corrected chi connectivity index (χ2v) is 8.98. The first-order valence-corrected chi connectivity index (χ1v) is 11.9. The molecule has 1 amide bonds. The van der Waals surface area contributed by atoms with Crippen LogP contribution in [0, 0.1) is 5.41 Å². The van der Waals surface area contributed by atoms with Crippen molar-refractivity contribution in [1.82, 2.24) is 4.90 Å². The van der Waals surface area contributed by atoms with E-state index < -0.39 is 29.7 Å². The maximum atomic E-state index is 14.2. The van der Waals surface area contributed by atoms with E-state index in [4.69, 9.17) is 5.53 Å². The molecule has 1 unspecified atom stereocenters. The zero-order valence-corrected chi connectivity index (χ0v) is 19.8. The van der Waals surface area contributed by atoms with Gasteiger partial charge in [0.2, 0.25) is 5.91 Å². The fourth-order valence-corrected chi connectivity index (χ4v) is 5.37. The van der Waals surface area contributed by atoms with Crippen molar-refractivity contribution in [3.05, 3.63) is 118 Å². The third kappa shape index (κ3) is 4.08. The van der Waals surface area contributed by atoms with Gasteiger partial charge in [-0.3, -0.25) is 4.79 Å². The number of likely N-dealkylation sites (tertiary alicyclic amines) is 1. The maximum Gasteiger partial charge on any atom is 0.237 e. The number of β-lactam (4-membered cyclic amide) rings is 1. The molecule has 2 N–H and O–H groups in total. The van der Waals surface area contributed by atoms with Gasteiger partial charge in [-0.05, 0) is 35.6 Å². The molecule has 0 spiro atoms. The molecule has 7 heteroatoms. The molecule has 180 valence electrons. The third-order valence-electron chi connectivity index (χ3n) is 7.19. The zero-order chi connectivity index (χ0) is 25.0. The van der Waals surface area contributed by atoms with E-state index in [1.165, 1.54) is 0 Å². The quantitative estimate of drug-likeness (QED) is 0.186. The molecular formula is C28H30N4O3. The minimum atomic E-state index is -1.64. The van der Waals surface area contributed by atoms with Crippen LogP contribution in [-0.2, 0) is 4.79 Å². The third-order valence-corrected chi connectivity index (χ3v) is 7.19. The molecular weight excluding hydrogens is 440 g/mol. The Labute approximate surface area is 205 Å². The Hall–Kier alpha value is -3.64. The summed E-state index contributed by atoms with van der Waals surface area (Å²) in [5.41, 5.74) is 9.77. The SMILES string of the molecule is CC[C@H](N=[N+]=[N-])[C@H](O)C1([C@@H](O)c2ccccc2)C(=O)N([C@@H](C)c2ccccc2)[C@H]1c1ccccc1. The van der Waals surface area contributed by atoms with E-state index in [-0.39, 0.29) is 11.9 Å². The first-order chi connectivity index (χ1) is 17.0. The summed E-state index contributed by atoms with van der Waals surface area (Å²) < 4.78 is 0. The number of carbonyl (C=O) groups excluding carboxylic acids is 1. The molecule has 1 fully saturated rings. The van der Waals surface area contributed by atoms with E-state index >= 15 is 0 Å².